The Morgan fingerprint density at radius 3 is 2.00 bits per heavy atom. The van der Waals surface area contributed by atoms with E-state index in [9.17, 15) is 0 Å². The van der Waals surface area contributed by atoms with Gasteiger partial charge in [-0.3, -0.25) is 0 Å². The summed E-state index contributed by atoms with van der Waals surface area (Å²) in [5, 5.41) is 0. The first kappa shape index (κ1) is 15.4. The molecule has 0 bridgehead atoms. The number of hydrogen-bond donors (Lipinski definition) is 1. The third-order valence-electron chi connectivity index (χ3n) is 3.17. The highest BCUT2D eigenvalue weighted by Crippen LogP contribution is 2.23. The van der Waals surface area contributed by atoms with Crippen LogP contribution in [0.5, 0.6) is 17.2 Å². The Balaban J connectivity index is 1.72. The van der Waals surface area contributed by atoms with Crippen LogP contribution in [0, 0.1) is 0 Å². The molecule has 0 fully saturated rings. The highest BCUT2D eigenvalue weighted by atomic mass is 16.5. The first-order valence-electron chi connectivity index (χ1n) is 7.54. The molecule has 0 aliphatic carbocycles. The first-order chi connectivity index (χ1) is 10.4. The third-order valence-corrected chi connectivity index (χ3v) is 3.17. The molecule has 0 spiro atoms. The minimum absolute atomic E-state index is 0.753. The molecular weight excluding hydrogens is 262 g/mol. The van der Waals surface area contributed by atoms with Crippen LogP contribution in [0.25, 0.3) is 0 Å². The molecule has 0 radical (unpaired) electrons. The van der Waals surface area contributed by atoms with Crippen molar-refractivity contribution in [1.82, 2.24) is 0 Å². The molecule has 0 aliphatic heterocycles. The van der Waals surface area contributed by atoms with Gasteiger partial charge >= 0.3 is 0 Å². The summed E-state index contributed by atoms with van der Waals surface area (Å²) in [6.45, 7) is 1.53. The maximum absolute atomic E-state index is 5.74. The van der Waals surface area contributed by atoms with Gasteiger partial charge in [0.15, 0.2) is 0 Å². The van der Waals surface area contributed by atoms with E-state index in [2.05, 4.69) is 0 Å². The summed E-state index contributed by atoms with van der Waals surface area (Å²) < 4.78 is 11.4. The van der Waals surface area contributed by atoms with Crippen LogP contribution in [0.15, 0.2) is 54.6 Å². The zero-order chi connectivity index (χ0) is 14.8. The normalized spacial score (nSPS) is 10.3. The zero-order valence-corrected chi connectivity index (χ0v) is 12.3. The van der Waals surface area contributed by atoms with E-state index < -0.39 is 0 Å². The van der Waals surface area contributed by atoms with Crippen LogP contribution < -0.4 is 15.2 Å². The number of nitrogens with two attached hydrogens (primary N) is 1. The van der Waals surface area contributed by atoms with Crippen molar-refractivity contribution in [1.29, 1.82) is 0 Å². The van der Waals surface area contributed by atoms with Crippen LogP contribution in [0.4, 0.5) is 0 Å². The van der Waals surface area contributed by atoms with E-state index in [-0.39, 0.29) is 0 Å². The van der Waals surface area contributed by atoms with Crippen molar-refractivity contribution in [2.45, 2.75) is 25.7 Å². The average molecular weight is 285 g/mol. The van der Waals surface area contributed by atoms with Gasteiger partial charge in [-0.15, -0.1) is 0 Å². The first-order valence-corrected chi connectivity index (χ1v) is 7.54. The van der Waals surface area contributed by atoms with Crippen LogP contribution in [0.1, 0.15) is 25.7 Å². The Hall–Kier alpha value is -2.00. The van der Waals surface area contributed by atoms with E-state index >= 15 is 0 Å². The number of para-hydroxylation sites is 1. The lowest BCUT2D eigenvalue weighted by molar-refractivity contribution is 0.304. The van der Waals surface area contributed by atoms with Crippen molar-refractivity contribution in [3.63, 3.8) is 0 Å². The lowest BCUT2D eigenvalue weighted by Crippen LogP contribution is -2.00. The molecule has 3 heteroatoms. The lowest BCUT2D eigenvalue weighted by atomic mass is 10.2. The van der Waals surface area contributed by atoms with Crippen molar-refractivity contribution < 1.29 is 9.47 Å². The van der Waals surface area contributed by atoms with E-state index in [1.165, 1.54) is 12.8 Å². The molecule has 2 rings (SSSR count). The molecule has 0 atom stereocenters. The Bertz CT molecular complexity index is 496. The molecule has 112 valence electrons. The van der Waals surface area contributed by atoms with Gasteiger partial charge in [-0.2, -0.15) is 0 Å². The smallest absolute Gasteiger partial charge is 0.127 e. The highest BCUT2D eigenvalue weighted by molar-refractivity contribution is 5.35. The summed E-state index contributed by atoms with van der Waals surface area (Å²) >= 11 is 0. The average Bonchev–Trinajstić information content (AvgIpc) is 2.53. The number of hydrogen-bond acceptors (Lipinski definition) is 3. The van der Waals surface area contributed by atoms with Crippen molar-refractivity contribution >= 4 is 0 Å². The summed E-state index contributed by atoms with van der Waals surface area (Å²) in [5.41, 5.74) is 5.46. The second kappa shape index (κ2) is 9.03. The summed E-state index contributed by atoms with van der Waals surface area (Å²) in [6.07, 6.45) is 4.53. The molecule has 2 aromatic carbocycles. The minimum Gasteiger partial charge on any atom is -0.494 e. The molecule has 0 aliphatic rings. The summed E-state index contributed by atoms with van der Waals surface area (Å²) in [5.74, 6) is 2.54. The van der Waals surface area contributed by atoms with Gasteiger partial charge in [-0.25, -0.2) is 0 Å². The third kappa shape index (κ3) is 5.88. The van der Waals surface area contributed by atoms with Crippen molar-refractivity contribution in [3.8, 4) is 17.2 Å². The monoisotopic (exact) mass is 285 g/mol. The molecule has 0 unspecified atom stereocenters. The van der Waals surface area contributed by atoms with Gasteiger partial charge < -0.3 is 15.2 Å². The fourth-order valence-electron chi connectivity index (χ4n) is 2.02. The molecule has 2 aromatic rings. The Labute approximate surface area is 126 Å². The molecule has 3 nitrogen and oxygen atoms in total. The van der Waals surface area contributed by atoms with E-state index in [1.54, 1.807) is 0 Å². The number of ether oxygens (including phenoxy) is 2. The van der Waals surface area contributed by atoms with Gasteiger partial charge in [0.05, 0.1) is 6.61 Å². The highest BCUT2D eigenvalue weighted by Gasteiger charge is 1.98. The SMILES string of the molecule is NCCCCCCOc1ccc(Oc2ccccc2)cc1. The standard InChI is InChI=1S/C18H23NO2/c19-14-6-1-2-7-15-20-16-10-12-18(13-11-16)21-17-8-4-3-5-9-17/h3-5,8-13H,1-2,6-7,14-15,19H2. The van der Waals surface area contributed by atoms with Gasteiger partial charge in [-0.05, 0) is 55.8 Å². The van der Waals surface area contributed by atoms with Gasteiger partial charge in [0.1, 0.15) is 17.2 Å². The van der Waals surface area contributed by atoms with Crippen molar-refractivity contribution in [3.05, 3.63) is 54.6 Å². The number of unbranched alkanes of at least 4 members (excludes halogenated alkanes) is 3. The molecule has 0 saturated heterocycles. The number of benzene rings is 2. The van der Waals surface area contributed by atoms with Gasteiger partial charge in [0, 0.05) is 0 Å². The molecular formula is C18H23NO2. The minimum atomic E-state index is 0.753. The maximum Gasteiger partial charge on any atom is 0.127 e. The van der Waals surface area contributed by atoms with Crippen LogP contribution in [-0.4, -0.2) is 13.2 Å². The predicted molar refractivity (Wildman–Crippen MR) is 86.0 cm³/mol. The van der Waals surface area contributed by atoms with Crippen molar-refractivity contribution in [2.24, 2.45) is 5.73 Å². The van der Waals surface area contributed by atoms with Gasteiger partial charge in [-0.1, -0.05) is 31.0 Å². The topological polar surface area (TPSA) is 44.5 Å². The maximum atomic E-state index is 5.74. The summed E-state index contributed by atoms with van der Waals surface area (Å²) in [7, 11) is 0. The number of rotatable bonds is 9. The second-order valence-corrected chi connectivity index (χ2v) is 4.94. The zero-order valence-electron chi connectivity index (χ0n) is 12.3. The predicted octanol–water partition coefficient (Wildman–Crippen LogP) is 4.38. The molecule has 21 heavy (non-hydrogen) atoms. The summed E-state index contributed by atoms with van der Waals surface area (Å²) in [4.78, 5) is 0. The Morgan fingerprint density at radius 1 is 0.667 bits per heavy atom. The van der Waals surface area contributed by atoms with Crippen LogP contribution in [0.2, 0.25) is 0 Å². The molecule has 0 aromatic heterocycles. The fourth-order valence-corrected chi connectivity index (χ4v) is 2.02. The van der Waals surface area contributed by atoms with Crippen LogP contribution >= 0.6 is 0 Å². The molecule has 2 N–H and O–H groups in total. The second-order valence-electron chi connectivity index (χ2n) is 4.94. The van der Waals surface area contributed by atoms with Gasteiger partial charge in [0.2, 0.25) is 0 Å². The molecule has 0 saturated carbocycles. The fraction of sp³-hybridized carbons (Fsp3) is 0.333. The van der Waals surface area contributed by atoms with Gasteiger partial charge in [0.25, 0.3) is 0 Å². The molecule has 0 heterocycles. The summed E-state index contributed by atoms with van der Waals surface area (Å²) in [6, 6.07) is 17.5. The van der Waals surface area contributed by atoms with E-state index in [0.717, 1.165) is 43.2 Å². The lowest BCUT2D eigenvalue weighted by Gasteiger charge is -2.08. The quantitative estimate of drug-likeness (QED) is 0.695. The van der Waals surface area contributed by atoms with Crippen LogP contribution in [0.3, 0.4) is 0 Å². The molecule has 0 amide bonds. The van der Waals surface area contributed by atoms with Crippen LogP contribution in [-0.2, 0) is 0 Å². The van der Waals surface area contributed by atoms with Crippen molar-refractivity contribution in [2.75, 3.05) is 13.2 Å². The Morgan fingerprint density at radius 2 is 1.29 bits per heavy atom. The largest absolute Gasteiger partial charge is 0.494 e. The van der Waals surface area contributed by atoms with E-state index in [1.807, 2.05) is 54.6 Å². The van der Waals surface area contributed by atoms with E-state index in [4.69, 9.17) is 15.2 Å². The Kier molecular flexibility index (Phi) is 6.62. The van der Waals surface area contributed by atoms with E-state index in [0.29, 0.717) is 0 Å².